The van der Waals surface area contributed by atoms with E-state index in [4.69, 9.17) is 9.16 Å². The summed E-state index contributed by atoms with van der Waals surface area (Å²) in [6, 6.07) is 7.74. The van der Waals surface area contributed by atoms with Gasteiger partial charge in [-0.1, -0.05) is 18.2 Å². The van der Waals surface area contributed by atoms with Crippen LogP contribution in [0.1, 0.15) is 12.0 Å². The number of hydrogen-bond acceptors (Lipinski definition) is 3. The summed E-state index contributed by atoms with van der Waals surface area (Å²) in [5.41, 5.74) is 1.04. The second-order valence-corrected chi connectivity index (χ2v) is 9.33. The molecule has 94 valence electrons. The Morgan fingerprint density at radius 2 is 1.88 bits per heavy atom. The van der Waals surface area contributed by atoms with Crippen molar-refractivity contribution in [3.8, 4) is 5.75 Å². The Bertz CT molecular complexity index is 382. The molecule has 0 unspecified atom stereocenters. The molecule has 0 aliphatic carbocycles. The molecule has 3 nitrogen and oxygen atoms in total. The molecule has 0 aromatic heterocycles. The van der Waals surface area contributed by atoms with Gasteiger partial charge in [0.25, 0.3) is 5.97 Å². The van der Waals surface area contributed by atoms with Crippen molar-refractivity contribution in [1.29, 1.82) is 0 Å². The van der Waals surface area contributed by atoms with Crippen molar-refractivity contribution in [3.63, 3.8) is 0 Å². The first-order valence-electron chi connectivity index (χ1n) is 5.76. The van der Waals surface area contributed by atoms with Crippen LogP contribution < -0.4 is 4.74 Å². The molecular weight excluding hydrogens is 232 g/mol. The number of methoxy groups -OCH3 is 1. The van der Waals surface area contributed by atoms with E-state index < -0.39 is 8.32 Å². The number of carbonyl (C=O) groups excluding carboxylic acids is 1. The molecule has 0 fully saturated rings. The molecule has 0 saturated carbocycles. The monoisotopic (exact) mass is 252 g/mol. The molecule has 1 aromatic carbocycles. The highest BCUT2D eigenvalue weighted by Crippen LogP contribution is 2.19. The molecule has 0 N–H and O–H groups in total. The summed E-state index contributed by atoms with van der Waals surface area (Å²) in [4.78, 5) is 11.6. The van der Waals surface area contributed by atoms with Crippen molar-refractivity contribution in [1.82, 2.24) is 0 Å². The minimum absolute atomic E-state index is 0.116. The van der Waals surface area contributed by atoms with E-state index in [0.29, 0.717) is 12.8 Å². The maximum absolute atomic E-state index is 11.6. The summed E-state index contributed by atoms with van der Waals surface area (Å²) >= 11 is 0. The minimum Gasteiger partial charge on any atom is -0.520 e. The molecular formula is C13H20O3Si. The molecule has 0 bridgehead atoms. The zero-order chi connectivity index (χ0) is 12.9. The van der Waals surface area contributed by atoms with Crippen molar-refractivity contribution >= 4 is 14.3 Å². The van der Waals surface area contributed by atoms with Crippen molar-refractivity contribution in [2.24, 2.45) is 0 Å². The summed E-state index contributed by atoms with van der Waals surface area (Å²) < 4.78 is 10.6. The van der Waals surface area contributed by atoms with Gasteiger partial charge in [-0.3, -0.25) is 4.79 Å². The Morgan fingerprint density at radius 3 is 2.47 bits per heavy atom. The minimum atomic E-state index is -1.76. The summed E-state index contributed by atoms with van der Waals surface area (Å²) in [6.45, 7) is 6.02. The first kappa shape index (κ1) is 13.8. The van der Waals surface area contributed by atoms with Crippen LogP contribution in [0.3, 0.4) is 0 Å². The number of ether oxygens (including phenoxy) is 1. The van der Waals surface area contributed by atoms with Crippen LogP contribution in [0, 0.1) is 0 Å². The highest BCUT2D eigenvalue weighted by molar-refractivity contribution is 6.71. The average Bonchev–Trinajstić information content (AvgIpc) is 2.24. The quantitative estimate of drug-likeness (QED) is 0.756. The van der Waals surface area contributed by atoms with Crippen LogP contribution >= 0.6 is 0 Å². The molecule has 0 amide bonds. The topological polar surface area (TPSA) is 35.5 Å². The zero-order valence-corrected chi connectivity index (χ0v) is 11.9. The van der Waals surface area contributed by atoms with E-state index in [9.17, 15) is 4.79 Å². The maximum Gasteiger partial charge on any atom is 0.292 e. The second kappa shape index (κ2) is 5.86. The number of para-hydroxylation sites is 1. The molecule has 17 heavy (non-hydrogen) atoms. The van der Waals surface area contributed by atoms with Crippen LogP contribution in [-0.2, 0) is 15.6 Å². The standard InChI is InChI=1S/C13H20O3Si/c1-15-12-8-6-5-7-11(12)9-10-13(14)16-17(2,3)4/h5-8H,9-10H2,1-4H3. The molecule has 1 aromatic rings. The van der Waals surface area contributed by atoms with E-state index in [1.54, 1.807) is 7.11 Å². The van der Waals surface area contributed by atoms with Gasteiger partial charge in [0.05, 0.1) is 7.11 Å². The van der Waals surface area contributed by atoms with Crippen LogP contribution in [0.15, 0.2) is 24.3 Å². The van der Waals surface area contributed by atoms with Crippen molar-refractivity contribution in [2.75, 3.05) is 7.11 Å². The van der Waals surface area contributed by atoms with Crippen molar-refractivity contribution in [2.45, 2.75) is 32.5 Å². The molecule has 4 heteroatoms. The largest absolute Gasteiger partial charge is 0.520 e. The van der Waals surface area contributed by atoms with Gasteiger partial charge < -0.3 is 9.16 Å². The number of hydrogen-bond donors (Lipinski definition) is 0. The lowest BCUT2D eigenvalue weighted by molar-refractivity contribution is -0.135. The molecule has 0 heterocycles. The van der Waals surface area contributed by atoms with E-state index in [-0.39, 0.29) is 5.97 Å². The summed E-state index contributed by atoms with van der Waals surface area (Å²) in [7, 11) is -0.123. The van der Waals surface area contributed by atoms with E-state index in [2.05, 4.69) is 0 Å². The lowest BCUT2D eigenvalue weighted by atomic mass is 10.1. The molecule has 0 aliphatic heterocycles. The Labute approximate surface area is 104 Å². The fourth-order valence-corrected chi connectivity index (χ4v) is 2.32. The third-order valence-corrected chi connectivity index (χ3v) is 3.05. The normalized spacial score (nSPS) is 11.1. The lowest BCUT2D eigenvalue weighted by Gasteiger charge is -2.17. The molecule has 0 atom stereocenters. The van der Waals surface area contributed by atoms with Crippen LogP contribution in [0.2, 0.25) is 19.6 Å². The highest BCUT2D eigenvalue weighted by atomic mass is 28.4. The third kappa shape index (κ3) is 5.04. The number of rotatable bonds is 5. The van der Waals surface area contributed by atoms with Gasteiger partial charge in [-0.05, 0) is 37.7 Å². The number of aryl methyl sites for hydroxylation is 1. The van der Waals surface area contributed by atoms with Gasteiger partial charge in [0.2, 0.25) is 8.32 Å². The highest BCUT2D eigenvalue weighted by Gasteiger charge is 2.19. The van der Waals surface area contributed by atoms with Crippen molar-refractivity contribution < 1.29 is 14.0 Å². The molecule has 1 rings (SSSR count). The summed E-state index contributed by atoms with van der Waals surface area (Å²) in [6.07, 6.45) is 1.07. The third-order valence-electron chi connectivity index (χ3n) is 2.21. The Morgan fingerprint density at radius 1 is 1.24 bits per heavy atom. The molecule has 0 radical (unpaired) electrons. The van der Waals surface area contributed by atoms with E-state index in [1.807, 2.05) is 43.9 Å². The lowest BCUT2D eigenvalue weighted by Crippen LogP contribution is -2.29. The Hall–Kier alpha value is -1.29. The first-order valence-corrected chi connectivity index (χ1v) is 9.17. The van der Waals surface area contributed by atoms with Crippen LogP contribution in [-0.4, -0.2) is 21.4 Å². The van der Waals surface area contributed by atoms with E-state index >= 15 is 0 Å². The average molecular weight is 252 g/mol. The number of benzene rings is 1. The first-order chi connectivity index (χ1) is 7.92. The van der Waals surface area contributed by atoms with Gasteiger partial charge in [-0.2, -0.15) is 0 Å². The second-order valence-electron chi connectivity index (χ2n) is 4.90. The molecule has 0 spiro atoms. The smallest absolute Gasteiger partial charge is 0.292 e. The van der Waals surface area contributed by atoms with Gasteiger partial charge in [-0.25, -0.2) is 0 Å². The Balaban J connectivity index is 2.53. The van der Waals surface area contributed by atoms with Gasteiger partial charge in [0.15, 0.2) is 0 Å². The van der Waals surface area contributed by atoms with E-state index in [0.717, 1.165) is 11.3 Å². The maximum atomic E-state index is 11.6. The molecule has 0 saturated heterocycles. The van der Waals surface area contributed by atoms with Gasteiger partial charge in [0.1, 0.15) is 5.75 Å². The van der Waals surface area contributed by atoms with Crippen molar-refractivity contribution in [3.05, 3.63) is 29.8 Å². The Kier molecular flexibility index (Phi) is 4.75. The SMILES string of the molecule is COc1ccccc1CCC(=O)O[Si](C)(C)C. The van der Waals surface area contributed by atoms with Crippen LogP contribution in [0.4, 0.5) is 0 Å². The van der Waals surface area contributed by atoms with E-state index in [1.165, 1.54) is 0 Å². The van der Waals surface area contributed by atoms with Gasteiger partial charge >= 0.3 is 0 Å². The van der Waals surface area contributed by atoms with Gasteiger partial charge in [-0.15, -0.1) is 0 Å². The number of carbonyl (C=O) groups is 1. The molecule has 0 aliphatic rings. The van der Waals surface area contributed by atoms with Crippen LogP contribution in [0.25, 0.3) is 0 Å². The fourth-order valence-electron chi connectivity index (χ4n) is 1.54. The summed E-state index contributed by atoms with van der Waals surface area (Å²) in [5.74, 6) is 0.711. The van der Waals surface area contributed by atoms with Crippen LogP contribution in [0.5, 0.6) is 5.75 Å². The zero-order valence-electron chi connectivity index (χ0n) is 10.9. The summed E-state index contributed by atoms with van der Waals surface area (Å²) in [5, 5.41) is 0. The predicted molar refractivity (Wildman–Crippen MR) is 70.8 cm³/mol. The van der Waals surface area contributed by atoms with Gasteiger partial charge in [0, 0.05) is 6.42 Å². The fraction of sp³-hybridized carbons (Fsp3) is 0.462. The predicted octanol–water partition coefficient (Wildman–Crippen LogP) is 3.01.